The lowest BCUT2D eigenvalue weighted by Gasteiger charge is -2.48. The summed E-state index contributed by atoms with van der Waals surface area (Å²) in [5.41, 5.74) is 6.59. The summed E-state index contributed by atoms with van der Waals surface area (Å²) in [4.78, 5) is 2.78. The SMILES string of the molecule is CCCN(CC1CC1)C1(CN)CCCC(CC)C1. The molecule has 2 fully saturated rings. The first-order chi connectivity index (χ1) is 8.74. The summed E-state index contributed by atoms with van der Waals surface area (Å²) < 4.78 is 0. The van der Waals surface area contributed by atoms with Crippen LogP contribution < -0.4 is 5.73 Å². The van der Waals surface area contributed by atoms with Crippen LogP contribution in [0.3, 0.4) is 0 Å². The third kappa shape index (κ3) is 3.27. The molecule has 2 atom stereocenters. The first kappa shape index (κ1) is 14.3. The molecule has 2 rings (SSSR count). The molecule has 2 unspecified atom stereocenters. The largest absolute Gasteiger partial charge is 0.329 e. The minimum absolute atomic E-state index is 0.345. The molecule has 18 heavy (non-hydrogen) atoms. The zero-order chi connectivity index (χ0) is 13.0. The Balaban J connectivity index is 2.05. The van der Waals surface area contributed by atoms with Crippen LogP contribution in [0.4, 0.5) is 0 Å². The first-order valence-corrected chi connectivity index (χ1v) is 8.19. The lowest BCUT2D eigenvalue weighted by molar-refractivity contribution is 0.0308. The Morgan fingerprint density at radius 3 is 2.50 bits per heavy atom. The van der Waals surface area contributed by atoms with E-state index in [-0.39, 0.29) is 0 Å². The predicted octanol–water partition coefficient (Wildman–Crippen LogP) is 3.41. The highest BCUT2D eigenvalue weighted by Gasteiger charge is 2.41. The van der Waals surface area contributed by atoms with Gasteiger partial charge in [-0.15, -0.1) is 0 Å². The maximum absolute atomic E-state index is 6.24. The Morgan fingerprint density at radius 1 is 1.17 bits per heavy atom. The number of hydrogen-bond acceptors (Lipinski definition) is 2. The van der Waals surface area contributed by atoms with Crippen molar-refractivity contribution in [2.45, 2.75) is 70.8 Å². The van der Waals surface area contributed by atoms with Gasteiger partial charge in [0.1, 0.15) is 0 Å². The standard InChI is InChI=1S/C16H32N2/c1-3-10-18(12-15-7-8-15)16(13-17)9-5-6-14(4-2)11-16/h14-15H,3-13,17H2,1-2H3. The molecular formula is C16H32N2. The van der Waals surface area contributed by atoms with Crippen LogP contribution in [-0.2, 0) is 0 Å². The fourth-order valence-corrected chi connectivity index (χ4v) is 3.82. The fourth-order valence-electron chi connectivity index (χ4n) is 3.82. The van der Waals surface area contributed by atoms with Crippen molar-refractivity contribution in [1.29, 1.82) is 0 Å². The van der Waals surface area contributed by atoms with Gasteiger partial charge in [-0.05, 0) is 50.5 Å². The van der Waals surface area contributed by atoms with E-state index in [2.05, 4.69) is 18.7 Å². The second-order valence-corrected chi connectivity index (χ2v) is 6.69. The van der Waals surface area contributed by atoms with Crippen LogP contribution in [0.25, 0.3) is 0 Å². The van der Waals surface area contributed by atoms with Gasteiger partial charge in [-0.25, -0.2) is 0 Å². The van der Waals surface area contributed by atoms with Crippen molar-refractivity contribution in [3.8, 4) is 0 Å². The van der Waals surface area contributed by atoms with E-state index in [1.807, 2.05) is 0 Å². The van der Waals surface area contributed by atoms with Gasteiger partial charge in [-0.3, -0.25) is 4.90 Å². The second-order valence-electron chi connectivity index (χ2n) is 6.69. The van der Waals surface area contributed by atoms with Crippen molar-refractivity contribution in [3.05, 3.63) is 0 Å². The van der Waals surface area contributed by atoms with E-state index in [4.69, 9.17) is 5.73 Å². The molecule has 0 spiro atoms. The van der Waals surface area contributed by atoms with E-state index >= 15 is 0 Å². The smallest absolute Gasteiger partial charge is 0.0334 e. The van der Waals surface area contributed by atoms with E-state index in [9.17, 15) is 0 Å². The average molecular weight is 252 g/mol. The molecular weight excluding hydrogens is 220 g/mol. The third-order valence-corrected chi connectivity index (χ3v) is 5.22. The molecule has 0 aromatic heterocycles. The van der Waals surface area contributed by atoms with E-state index < -0.39 is 0 Å². The van der Waals surface area contributed by atoms with Gasteiger partial charge >= 0.3 is 0 Å². The van der Waals surface area contributed by atoms with E-state index in [1.165, 1.54) is 64.5 Å². The topological polar surface area (TPSA) is 29.3 Å². The Morgan fingerprint density at radius 2 is 1.94 bits per heavy atom. The summed E-state index contributed by atoms with van der Waals surface area (Å²) in [6, 6.07) is 0. The third-order valence-electron chi connectivity index (χ3n) is 5.22. The maximum atomic E-state index is 6.24. The summed E-state index contributed by atoms with van der Waals surface area (Å²) in [6.45, 7) is 8.11. The maximum Gasteiger partial charge on any atom is 0.0334 e. The van der Waals surface area contributed by atoms with Crippen molar-refractivity contribution in [2.24, 2.45) is 17.6 Å². The fraction of sp³-hybridized carbons (Fsp3) is 1.00. The van der Waals surface area contributed by atoms with E-state index in [0.29, 0.717) is 5.54 Å². The molecule has 2 nitrogen and oxygen atoms in total. The van der Waals surface area contributed by atoms with Crippen LogP contribution in [0.1, 0.15) is 65.2 Å². The van der Waals surface area contributed by atoms with Crippen molar-refractivity contribution >= 4 is 0 Å². The predicted molar refractivity (Wildman–Crippen MR) is 78.6 cm³/mol. The van der Waals surface area contributed by atoms with Crippen molar-refractivity contribution in [3.63, 3.8) is 0 Å². The van der Waals surface area contributed by atoms with Gasteiger partial charge in [0.15, 0.2) is 0 Å². The highest BCUT2D eigenvalue weighted by atomic mass is 15.2. The van der Waals surface area contributed by atoms with Crippen LogP contribution in [0.15, 0.2) is 0 Å². The van der Waals surface area contributed by atoms with E-state index in [1.54, 1.807) is 0 Å². The Labute approximate surface area is 113 Å². The molecule has 0 saturated heterocycles. The van der Waals surface area contributed by atoms with Crippen molar-refractivity contribution in [2.75, 3.05) is 19.6 Å². The Kier molecular flexibility index (Phi) is 5.08. The molecule has 2 aliphatic carbocycles. The van der Waals surface area contributed by atoms with E-state index in [0.717, 1.165) is 18.4 Å². The Hall–Kier alpha value is -0.0800. The summed E-state index contributed by atoms with van der Waals surface area (Å²) in [7, 11) is 0. The highest BCUT2D eigenvalue weighted by Crippen LogP contribution is 2.40. The first-order valence-electron chi connectivity index (χ1n) is 8.19. The number of hydrogen-bond donors (Lipinski definition) is 1. The van der Waals surface area contributed by atoms with Gasteiger partial charge in [0, 0.05) is 18.6 Å². The van der Waals surface area contributed by atoms with Crippen LogP contribution in [0, 0.1) is 11.8 Å². The van der Waals surface area contributed by atoms with Gasteiger partial charge < -0.3 is 5.73 Å². The molecule has 106 valence electrons. The van der Waals surface area contributed by atoms with Crippen LogP contribution in [0.5, 0.6) is 0 Å². The second kappa shape index (κ2) is 6.38. The molecule has 0 heterocycles. The van der Waals surface area contributed by atoms with Gasteiger partial charge in [0.2, 0.25) is 0 Å². The lowest BCUT2D eigenvalue weighted by Crippen LogP contribution is -2.57. The van der Waals surface area contributed by atoms with Crippen molar-refractivity contribution in [1.82, 2.24) is 4.90 Å². The van der Waals surface area contributed by atoms with Crippen LogP contribution >= 0.6 is 0 Å². The van der Waals surface area contributed by atoms with Crippen LogP contribution in [-0.4, -0.2) is 30.1 Å². The average Bonchev–Trinajstić information content (AvgIpc) is 3.22. The minimum Gasteiger partial charge on any atom is -0.329 e. The summed E-state index contributed by atoms with van der Waals surface area (Å²) in [6.07, 6.45) is 11.0. The van der Waals surface area contributed by atoms with Gasteiger partial charge in [0.25, 0.3) is 0 Å². The van der Waals surface area contributed by atoms with Crippen molar-refractivity contribution < 1.29 is 0 Å². The molecule has 2 N–H and O–H groups in total. The normalized spacial score (nSPS) is 33.0. The molecule has 0 amide bonds. The highest BCUT2D eigenvalue weighted by molar-refractivity contribution is 4.98. The molecule has 0 aliphatic heterocycles. The zero-order valence-electron chi connectivity index (χ0n) is 12.5. The lowest BCUT2D eigenvalue weighted by atomic mass is 9.73. The number of nitrogens with two attached hydrogens (primary N) is 1. The molecule has 0 aromatic rings. The molecule has 2 aliphatic rings. The molecule has 2 heteroatoms. The molecule has 0 aromatic carbocycles. The summed E-state index contributed by atoms with van der Waals surface area (Å²) >= 11 is 0. The molecule has 2 saturated carbocycles. The summed E-state index contributed by atoms with van der Waals surface area (Å²) in [5, 5.41) is 0. The molecule has 0 bridgehead atoms. The monoisotopic (exact) mass is 252 g/mol. The Bertz CT molecular complexity index is 249. The van der Waals surface area contributed by atoms with Gasteiger partial charge in [-0.2, -0.15) is 0 Å². The minimum atomic E-state index is 0.345. The molecule has 0 radical (unpaired) electrons. The van der Waals surface area contributed by atoms with Gasteiger partial charge in [-0.1, -0.05) is 33.1 Å². The number of rotatable bonds is 7. The zero-order valence-corrected chi connectivity index (χ0v) is 12.5. The quantitative estimate of drug-likeness (QED) is 0.752. The summed E-state index contributed by atoms with van der Waals surface area (Å²) in [5.74, 6) is 1.91. The van der Waals surface area contributed by atoms with Crippen LogP contribution in [0.2, 0.25) is 0 Å². The van der Waals surface area contributed by atoms with Gasteiger partial charge in [0.05, 0.1) is 0 Å². The number of nitrogens with zero attached hydrogens (tertiary/aromatic N) is 1.